The summed E-state index contributed by atoms with van der Waals surface area (Å²) in [4.78, 5) is 13.6. The molecule has 214 valence electrons. The van der Waals surface area contributed by atoms with Crippen molar-refractivity contribution in [1.82, 2.24) is 9.97 Å². The second-order valence-electron chi connectivity index (χ2n) is 13.0. The number of benzene rings is 6. The molecule has 0 saturated heterocycles. The largest absolute Gasteiger partial charge is 0.301 e. The molecule has 0 spiro atoms. The van der Waals surface area contributed by atoms with Gasteiger partial charge in [0.1, 0.15) is 0 Å². The van der Waals surface area contributed by atoms with E-state index >= 15 is 0 Å². The summed E-state index contributed by atoms with van der Waals surface area (Å²) in [6, 6.07) is 46.3. The summed E-state index contributed by atoms with van der Waals surface area (Å²) in [7, 11) is 0. The van der Waals surface area contributed by atoms with Gasteiger partial charge in [0.05, 0.1) is 27.6 Å². The number of hydrogen-bond donors (Lipinski definition) is 0. The van der Waals surface area contributed by atoms with E-state index in [-0.39, 0.29) is 17.4 Å². The molecular weight excluding hydrogens is 567 g/mol. The molecule has 6 aromatic carbocycles. The number of aromatic nitrogens is 2. The summed E-state index contributed by atoms with van der Waals surface area (Å²) in [5.41, 5.74) is 8.47. The Morgan fingerprint density at radius 2 is 1.36 bits per heavy atom. The van der Waals surface area contributed by atoms with Crippen molar-refractivity contribution in [2.45, 2.75) is 31.2 Å². The van der Waals surface area contributed by atoms with Gasteiger partial charge < -0.3 is 4.90 Å². The number of fused-ring (bicyclic) bond motifs is 12. The molecule has 0 radical (unpaired) electrons. The fraction of sp³-hybridized carbons (Fsp3) is 0.122. The van der Waals surface area contributed by atoms with E-state index in [0.717, 1.165) is 33.5 Å². The molecule has 0 N–H and O–H groups in total. The highest BCUT2D eigenvalue weighted by Gasteiger charge is 2.55. The Hall–Kier alpha value is -5.06. The molecule has 4 heteroatoms. The standard InChI is InChI=1S/C41H29N3S/c1-41(2)32-18-10-8-17-29(32)37-34(41)30-23-22-28-27-16-9-11-19-33(27)45-39(28)38(30)44(37)40-42-35(25-13-4-3-5-14-25)31-21-20-24-12-6-7-15-26(24)36(31)43-40/h3-23,34,37H,1-2H3. The van der Waals surface area contributed by atoms with Gasteiger partial charge >= 0.3 is 0 Å². The first kappa shape index (κ1) is 25.3. The van der Waals surface area contributed by atoms with Gasteiger partial charge in [-0.3, -0.25) is 0 Å². The third-order valence-corrected chi connectivity index (χ3v) is 11.5. The van der Waals surface area contributed by atoms with Crippen LogP contribution in [0.1, 0.15) is 42.5 Å². The predicted octanol–water partition coefficient (Wildman–Crippen LogP) is 11.1. The summed E-state index contributed by atoms with van der Waals surface area (Å²) >= 11 is 1.90. The zero-order valence-electron chi connectivity index (χ0n) is 25.0. The van der Waals surface area contributed by atoms with E-state index in [1.807, 2.05) is 11.3 Å². The summed E-state index contributed by atoms with van der Waals surface area (Å²) in [5, 5.41) is 6.03. The molecule has 0 saturated carbocycles. The summed E-state index contributed by atoms with van der Waals surface area (Å²) < 4.78 is 2.63. The van der Waals surface area contributed by atoms with Gasteiger partial charge in [0.2, 0.25) is 5.95 Å². The summed E-state index contributed by atoms with van der Waals surface area (Å²) in [6.07, 6.45) is 0. The van der Waals surface area contributed by atoms with Crippen LogP contribution in [0.25, 0.3) is 53.1 Å². The van der Waals surface area contributed by atoms with Crippen LogP contribution in [0.15, 0.2) is 127 Å². The lowest BCUT2D eigenvalue weighted by Crippen LogP contribution is -2.26. The van der Waals surface area contributed by atoms with Crippen molar-refractivity contribution < 1.29 is 0 Å². The van der Waals surface area contributed by atoms with Crippen LogP contribution in [-0.2, 0) is 5.41 Å². The monoisotopic (exact) mass is 595 g/mol. The molecule has 0 amide bonds. The van der Waals surface area contributed by atoms with Crippen molar-refractivity contribution >= 4 is 64.8 Å². The van der Waals surface area contributed by atoms with Crippen LogP contribution in [0.5, 0.6) is 0 Å². The third kappa shape index (κ3) is 3.35. The zero-order chi connectivity index (χ0) is 29.9. The van der Waals surface area contributed by atoms with Gasteiger partial charge in [-0.2, -0.15) is 0 Å². The first-order chi connectivity index (χ1) is 22.1. The first-order valence-corrected chi connectivity index (χ1v) is 16.5. The maximum Gasteiger partial charge on any atom is 0.231 e. The Kier molecular flexibility index (Phi) is 5.05. The average molecular weight is 596 g/mol. The SMILES string of the molecule is CC1(C)c2ccccc2C2C1c1ccc3c(sc4ccccc43)c1N2c1nc(-c2ccccc2)c2ccc3ccccc3c2n1. The van der Waals surface area contributed by atoms with Gasteiger partial charge in [0.25, 0.3) is 0 Å². The highest BCUT2D eigenvalue weighted by Crippen LogP contribution is 2.66. The highest BCUT2D eigenvalue weighted by atomic mass is 32.1. The maximum atomic E-state index is 5.53. The van der Waals surface area contributed by atoms with Crippen LogP contribution in [0.4, 0.5) is 11.6 Å². The Morgan fingerprint density at radius 3 is 2.24 bits per heavy atom. The van der Waals surface area contributed by atoms with Gasteiger partial charge in [-0.05, 0) is 39.6 Å². The lowest BCUT2D eigenvalue weighted by Gasteiger charge is -2.29. The highest BCUT2D eigenvalue weighted by molar-refractivity contribution is 7.26. The fourth-order valence-corrected chi connectivity index (χ4v) is 9.61. The molecule has 2 atom stereocenters. The maximum absolute atomic E-state index is 5.53. The van der Waals surface area contributed by atoms with Crippen LogP contribution < -0.4 is 4.90 Å². The fourth-order valence-electron chi connectivity index (χ4n) is 8.36. The van der Waals surface area contributed by atoms with Crippen molar-refractivity contribution in [3.8, 4) is 11.3 Å². The van der Waals surface area contributed by atoms with Crippen molar-refractivity contribution in [3.05, 3.63) is 144 Å². The molecule has 45 heavy (non-hydrogen) atoms. The van der Waals surface area contributed by atoms with E-state index in [1.54, 1.807) is 0 Å². The van der Waals surface area contributed by atoms with Crippen molar-refractivity contribution in [2.24, 2.45) is 0 Å². The molecule has 1 aliphatic carbocycles. The number of rotatable bonds is 2. The summed E-state index contributed by atoms with van der Waals surface area (Å²) in [5.74, 6) is 1.04. The molecule has 8 aromatic rings. The number of thiophene rings is 1. The van der Waals surface area contributed by atoms with Crippen LogP contribution >= 0.6 is 11.3 Å². The lowest BCUT2D eigenvalue weighted by atomic mass is 9.75. The van der Waals surface area contributed by atoms with Gasteiger partial charge in [-0.25, -0.2) is 9.97 Å². The van der Waals surface area contributed by atoms with Gasteiger partial charge in [0, 0.05) is 37.7 Å². The Morgan fingerprint density at radius 1 is 0.622 bits per heavy atom. The van der Waals surface area contributed by atoms with Crippen LogP contribution in [0, 0.1) is 0 Å². The second kappa shape index (κ2) is 8.99. The Bertz CT molecular complexity index is 2490. The molecule has 10 rings (SSSR count). The van der Waals surface area contributed by atoms with Crippen LogP contribution in [0.2, 0.25) is 0 Å². The topological polar surface area (TPSA) is 29.0 Å². The molecule has 0 bridgehead atoms. The number of nitrogens with zero attached hydrogens (tertiary/aromatic N) is 3. The lowest BCUT2D eigenvalue weighted by molar-refractivity contribution is 0.419. The average Bonchev–Trinajstić information content (AvgIpc) is 3.71. The Balaban J connectivity index is 1.35. The van der Waals surface area contributed by atoms with Gasteiger partial charge in [0.15, 0.2) is 0 Å². The smallest absolute Gasteiger partial charge is 0.231 e. The molecule has 3 heterocycles. The van der Waals surface area contributed by atoms with E-state index in [1.165, 1.54) is 47.9 Å². The van der Waals surface area contributed by atoms with E-state index in [0.29, 0.717) is 0 Å². The minimum atomic E-state index is -0.0546. The van der Waals surface area contributed by atoms with Crippen LogP contribution in [0.3, 0.4) is 0 Å². The molecule has 2 unspecified atom stereocenters. The molecule has 1 aliphatic heterocycles. The number of hydrogen-bond acceptors (Lipinski definition) is 4. The quantitative estimate of drug-likeness (QED) is 0.186. The van der Waals surface area contributed by atoms with Crippen LogP contribution in [-0.4, -0.2) is 9.97 Å². The molecule has 2 aliphatic rings. The predicted molar refractivity (Wildman–Crippen MR) is 189 cm³/mol. The molecule has 3 nitrogen and oxygen atoms in total. The summed E-state index contributed by atoms with van der Waals surface area (Å²) in [6.45, 7) is 4.84. The molecular formula is C41H29N3S. The van der Waals surface area contributed by atoms with E-state index < -0.39 is 0 Å². The van der Waals surface area contributed by atoms with E-state index in [2.05, 4.69) is 146 Å². The van der Waals surface area contributed by atoms with E-state index in [4.69, 9.17) is 9.97 Å². The normalized spacial score (nSPS) is 18.1. The molecule has 2 aromatic heterocycles. The zero-order valence-corrected chi connectivity index (χ0v) is 25.8. The minimum absolute atomic E-state index is 0.0546. The minimum Gasteiger partial charge on any atom is -0.301 e. The third-order valence-electron chi connectivity index (χ3n) is 10.3. The number of anilines is 2. The Labute approximate surface area is 265 Å². The van der Waals surface area contributed by atoms with Crippen molar-refractivity contribution in [3.63, 3.8) is 0 Å². The van der Waals surface area contributed by atoms with Crippen molar-refractivity contribution in [2.75, 3.05) is 4.90 Å². The second-order valence-corrected chi connectivity index (χ2v) is 14.1. The first-order valence-electron chi connectivity index (χ1n) is 15.7. The molecule has 0 fully saturated rings. The van der Waals surface area contributed by atoms with Gasteiger partial charge in [-0.1, -0.05) is 129 Å². The van der Waals surface area contributed by atoms with E-state index in [9.17, 15) is 0 Å². The van der Waals surface area contributed by atoms with Gasteiger partial charge in [-0.15, -0.1) is 11.3 Å². The van der Waals surface area contributed by atoms with Crippen molar-refractivity contribution in [1.29, 1.82) is 0 Å².